The van der Waals surface area contributed by atoms with Crippen LogP contribution in [0.25, 0.3) is 0 Å². The Kier molecular flexibility index (Phi) is 5.52. The summed E-state index contributed by atoms with van der Waals surface area (Å²) in [5.41, 5.74) is 7.91. The molecule has 0 fully saturated rings. The highest BCUT2D eigenvalue weighted by Gasteiger charge is 2.00. The van der Waals surface area contributed by atoms with E-state index in [1.165, 1.54) is 5.57 Å². The summed E-state index contributed by atoms with van der Waals surface area (Å²) < 4.78 is 0. The quantitative estimate of drug-likeness (QED) is 0.660. The molecule has 0 rings (SSSR count). The molecular formula is C12H23N. The Hall–Kier alpha value is -0.720. The van der Waals surface area contributed by atoms with Crippen LogP contribution in [0.4, 0.5) is 0 Å². The van der Waals surface area contributed by atoms with Crippen molar-refractivity contribution in [2.24, 2.45) is 17.6 Å². The minimum Gasteiger partial charge on any atom is -0.402 e. The Morgan fingerprint density at radius 3 is 2.08 bits per heavy atom. The first-order valence-corrected chi connectivity index (χ1v) is 5.07. The monoisotopic (exact) mass is 181 g/mol. The van der Waals surface area contributed by atoms with Gasteiger partial charge in [-0.15, -0.1) is 0 Å². The highest BCUT2D eigenvalue weighted by molar-refractivity contribution is 5.23. The molecule has 0 aromatic carbocycles. The van der Waals surface area contributed by atoms with Crippen molar-refractivity contribution in [2.75, 3.05) is 0 Å². The zero-order valence-electron chi connectivity index (χ0n) is 9.59. The molecule has 2 N–H and O–H groups in total. The second-order valence-corrected chi connectivity index (χ2v) is 4.38. The zero-order valence-corrected chi connectivity index (χ0v) is 9.59. The summed E-state index contributed by atoms with van der Waals surface area (Å²) in [6.07, 6.45) is 5.51. The van der Waals surface area contributed by atoms with Crippen LogP contribution < -0.4 is 5.73 Å². The third-order valence-electron chi connectivity index (χ3n) is 1.89. The molecule has 0 heterocycles. The fourth-order valence-corrected chi connectivity index (χ4v) is 1.10. The van der Waals surface area contributed by atoms with Crippen molar-refractivity contribution in [1.29, 1.82) is 0 Å². The minimum atomic E-state index is 0.567. The van der Waals surface area contributed by atoms with Crippen LogP contribution in [0.1, 0.15) is 41.0 Å². The first-order chi connectivity index (χ1) is 5.93. The summed E-state index contributed by atoms with van der Waals surface area (Å²) >= 11 is 0. The normalized spacial score (nSPS) is 14.4. The smallest absolute Gasteiger partial charge is 0.00516 e. The summed E-state index contributed by atoms with van der Waals surface area (Å²) in [7, 11) is 0. The van der Waals surface area contributed by atoms with Crippen molar-refractivity contribution in [3.8, 4) is 0 Å². The Bertz CT molecular complexity index is 193. The number of nitrogens with two attached hydrogens (primary N) is 1. The number of rotatable bonds is 4. The second kappa shape index (κ2) is 5.85. The summed E-state index contributed by atoms with van der Waals surface area (Å²) in [5, 5.41) is 0. The molecule has 1 nitrogen and oxygen atoms in total. The van der Waals surface area contributed by atoms with Gasteiger partial charge in [-0.2, -0.15) is 0 Å². The van der Waals surface area contributed by atoms with Crippen LogP contribution in [0.2, 0.25) is 0 Å². The summed E-state index contributed by atoms with van der Waals surface area (Å²) in [6, 6.07) is 0. The van der Waals surface area contributed by atoms with Crippen molar-refractivity contribution in [3.05, 3.63) is 23.4 Å². The van der Waals surface area contributed by atoms with E-state index in [0.29, 0.717) is 5.92 Å². The lowest BCUT2D eigenvalue weighted by Crippen LogP contribution is -1.97. The van der Waals surface area contributed by atoms with Crippen LogP contribution in [-0.2, 0) is 0 Å². The lowest BCUT2D eigenvalue weighted by Gasteiger charge is -2.08. The average Bonchev–Trinajstić information content (AvgIpc) is 1.96. The van der Waals surface area contributed by atoms with E-state index in [2.05, 4.69) is 39.8 Å². The van der Waals surface area contributed by atoms with Gasteiger partial charge in [0.25, 0.3) is 0 Å². The van der Waals surface area contributed by atoms with Gasteiger partial charge in [0.05, 0.1) is 0 Å². The Morgan fingerprint density at radius 1 is 1.23 bits per heavy atom. The molecule has 0 atom stereocenters. The number of hydrogen-bond donors (Lipinski definition) is 1. The predicted molar refractivity (Wildman–Crippen MR) is 60.3 cm³/mol. The molecule has 0 aromatic rings. The van der Waals surface area contributed by atoms with E-state index < -0.39 is 0 Å². The molecule has 0 saturated carbocycles. The van der Waals surface area contributed by atoms with Crippen molar-refractivity contribution in [2.45, 2.75) is 41.0 Å². The van der Waals surface area contributed by atoms with Gasteiger partial charge in [-0.05, 0) is 36.8 Å². The third-order valence-corrected chi connectivity index (χ3v) is 1.89. The van der Waals surface area contributed by atoms with Gasteiger partial charge in [-0.1, -0.05) is 33.8 Å². The van der Waals surface area contributed by atoms with E-state index in [-0.39, 0.29) is 0 Å². The molecule has 13 heavy (non-hydrogen) atoms. The zero-order chi connectivity index (χ0) is 10.4. The van der Waals surface area contributed by atoms with E-state index in [4.69, 9.17) is 5.73 Å². The molecular weight excluding hydrogens is 158 g/mol. The van der Waals surface area contributed by atoms with Crippen molar-refractivity contribution < 1.29 is 0 Å². The Labute approximate surface area is 82.7 Å². The molecule has 0 amide bonds. The summed E-state index contributed by atoms with van der Waals surface area (Å²) in [4.78, 5) is 0. The van der Waals surface area contributed by atoms with Gasteiger partial charge in [0.15, 0.2) is 0 Å². The van der Waals surface area contributed by atoms with E-state index in [1.54, 1.807) is 0 Å². The van der Waals surface area contributed by atoms with Gasteiger partial charge in [0.1, 0.15) is 0 Å². The van der Waals surface area contributed by atoms with Crippen LogP contribution in [0.5, 0.6) is 0 Å². The van der Waals surface area contributed by atoms with Gasteiger partial charge >= 0.3 is 0 Å². The van der Waals surface area contributed by atoms with Crippen molar-refractivity contribution in [3.63, 3.8) is 0 Å². The maximum atomic E-state index is 5.66. The molecule has 0 saturated heterocycles. The maximum absolute atomic E-state index is 5.66. The third kappa shape index (κ3) is 6.44. The highest BCUT2D eigenvalue weighted by Crippen LogP contribution is 2.15. The molecule has 76 valence electrons. The molecule has 0 aromatic heterocycles. The fraction of sp³-hybridized carbons (Fsp3) is 0.667. The SMILES string of the molecule is C/C(N)=C\C(=C/CC(C)C)C(C)C. The molecule has 1 heteroatoms. The standard InChI is InChI=1S/C12H23N/c1-9(2)6-7-12(10(3)4)8-11(5)13/h7-10H,6,13H2,1-5H3/b11-8+,12-7+. The molecule has 0 spiro atoms. The largest absolute Gasteiger partial charge is 0.402 e. The van der Waals surface area contributed by atoms with Gasteiger partial charge < -0.3 is 5.73 Å². The van der Waals surface area contributed by atoms with Gasteiger partial charge in [0.2, 0.25) is 0 Å². The van der Waals surface area contributed by atoms with Crippen LogP contribution >= 0.6 is 0 Å². The molecule has 0 bridgehead atoms. The molecule has 0 aliphatic rings. The van der Waals surface area contributed by atoms with E-state index in [0.717, 1.165) is 18.0 Å². The first-order valence-electron chi connectivity index (χ1n) is 5.07. The Morgan fingerprint density at radius 2 is 1.77 bits per heavy atom. The highest BCUT2D eigenvalue weighted by atomic mass is 14.5. The van der Waals surface area contributed by atoms with Crippen LogP contribution in [0.3, 0.4) is 0 Å². The van der Waals surface area contributed by atoms with E-state index in [9.17, 15) is 0 Å². The average molecular weight is 181 g/mol. The second-order valence-electron chi connectivity index (χ2n) is 4.38. The topological polar surface area (TPSA) is 26.0 Å². The summed E-state index contributed by atoms with van der Waals surface area (Å²) in [5.74, 6) is 1.29. The van der Waals surface area contributed by atoms with Crippen LogP contribution in [0, 0.1) is 11.8 Å². The van der Waals surface area contributed by atoms with Crippen LogP contribution in [-0.4, -0.2) is 0 Å². The molecule has 0 radical (unpaired) electrons. The van der Waals surface area contributed by atoms with Gasteiger partial charge in [0, 0.05) is 5.70 Å². The Balaban J connectivity index is 4.42. The van der Waals surface area contributed by atoms with Crippen molar-refractivity contribution >= 4 is 0 Å². The maximum Gasteiger partial charge on any atom is 0.00516 e. The van der Waals surface area contributed by atoms with Crippen LogP contribution in [0.15, 0.2) is 23.4 Å². The lowest BCUT2D eigenvalue weighted by atomic mass is 9.98. The summed E-state index contributed by atoms with van der Waals surface area (Å²) in [6.45, 7) is 10.8. The predicted octanol–water partition coefficient (Wildman–Crippen LogP) is 3.48. The van der Waals surface area contributed by atoms with E-state index in [1.807, 2.05) is 6.92 Å². The molecule has 0 aliphatic carbocycles. The van der Waals surface area contributed by atoms with Gasteiger partial charge in [-0.3, -0.25) is 0 Å². The number of allylic oxidation sites excluding steroid dienone is 4. The molecule has 0 unspecified atom stereocenters. The van der Waals surface area contributed by atoms with E-state index >= 15 is 0 Å². The first kappa shape index (κ1) is 12.3. The minimum absolute atomic E-state index is 0.567. The lowest BCUT2D eigenvalue weighted by molar-refractivity contribution is 0.654. The molecule has 0 aliphatic heterocycles. The fourth-order valence-electron chi connectivity index (χ4n) is 1.10. The van der Waals surface area contributed by atoms with Crippen molar-refractivity contribution in [1.82, 2.24) is 0 Å². The number of hydrogen-bond acceptors (Lipinski definition) is 1. The van der Waals surface area contributed by atoms with Gasteiger partial charge in [-0.25, -0.2) is 0 Å².